The Bertz CT molecular complexity index is 932. The quantitative estimate of drug-likeness (QED) is 0.544. The molecule has 28 heavy (non-hydrogen) atoms. The lowest BCUT2D eigenvalue weighted by molar-refractivity contribution is -0.120. The Labute approximate surface area is 179 Å². The topological polar surface area (TPSA) is 84.9 Å². The smallest absolute Gasteiger partial charge is 0.241 e. The van der Waals surface area contributed by atoms with E-state index in [4.69, 9.17) is 9.47 Å². The normalized spacial score (nSPS) is 12.2. The molecule has 1 N–H and O–H groups in total. The van der Waals surface area contributed by atoms with Crippen LogP contribution in [0.15, 0.2) is 42.5 Å². The zero-order valence-corrected chi connectivity index (χ0v) is 19.1. The first-order valence-corrected chi connectivity index (χ1v) is 11.3. The maximum absolute atomic E-state index is 12.6. The molecule has 2 rings (SSSR count). The van der Waals surface area contributed by atoms with Crippen molar-refractivity contribution in [2.75, 3.05) is 31.3 Å². The molecule has 1 atom stereocenters. The van der Waals surface area contributed by atoms with Crippen LogP contribution in [0.1, 0.15) is 18.5 Å². The number of carbonyl (C=O) groups excluding carboxylic acids is 1. The van der Waals surface area contributed by atoms with Gasteiger partial charge in [-0.15, -0.1) is 0 Å². The second-order valence-corrected chi connectivity index (χ2v) is 9.30. The van der Waals surface area contributed by atoms with E-state index in [0.29, 0.717) is 17.2 Å². The predicted molar refractivity (Wildman–Crippen MR) is 117 cm³/mol. The Morgan fingerprint density at radius 1 is 1.14 bits per heavy atom. The van der Waals surface area contributed by atoms with E-state index in [-0.39, 0.29) is 6.54 Å². The number of anilines is 1. The highest BCUT2D eigenvalue weighted by Gasteiger charge is 2.23. The van der Waals surface area contributed by atoms with Crippen LogP contribution in [0.25, 0.3) is 0 Å². The van der Waals surface area contributed by atoms with Crippen LogP contribution < -0.4 is 19.1 Å². The van der Waals surface area contributed by atoms with Crippen LogP contribution in [0.5, 0.6) is 11.5 Å². The number of hydrogen-bond donors (Lipinski definition) is 1. The fourth-order valence-electron chi connectivity index (χ4n) is 2.68. The van der Waals surface area contributed by atoms with Crippen molar-refractivity contribution in [3.05, 3.63) is 51.6 Å². The van der Waals surface area contributed by atoms with Crippen LogP contribution in [0.4, 0.5) is 5.69 Å². The summed E-state index contributed by atoms with van der Waals surface area (Å²) in [4.78, 5) is 12.6. The fraction of sp³-hybridized carbons (Fsp3) is 0.316. The van der Waals surface area contributed by atoms with Gasteiger partial charge in [0.05, 0.1) is 32.2 Å². The van der Waals surface area contributed by atoms with Crippen LogP contribution in [0.2, 0.25) is 0 Å². The molecule has 1 amide bonds. The van der Waals surface area contributed by atoms with Crippen LogP contribution in [-0.4, -0.2) is 41.3 Å². The fourth-order valence-corrected chi connectivity index (χ4v) is 3.90. The van der Waals surface area contributed by atoms with E-state index in [1.165, 1.54) is 0 Å². The summed E-state index contributed by atoms with van der Waals surface area (Å²) in [5.41, 5.74) is 1.17. The summed E-state index contributed by atoms with van der Waals surface area (Å²) in [5, 5.41) is 2.82. The highest BCUT2D eigenvalue weighted by molar-refractivity contribution is 14.1. The van der Waals surface area contributed by atoms with Gasteiger partial charge in [-0.1, -0.05) is 0 Å². The van der Waals surface area contributed by atoms with E-state index >= 15 is 0 Å². The molecule has 0 aliphatic heterocycles. The van der Waals surface area contributed by atoms with Gasteiger partial charge in [0, 0.05) is 9.13 Å². The number of methoxy groups -OCH3 is 2. The molecule has 0 aromatic heterocycles. The highest BCUT2D eigenvalue weighted by atomic mass is 127. The summed E-state index contributed by atoms with van der Waals surface area (Å²) in [6.45, 7) is 1.47. The summed E-state index contributed by atoms with van der Waals surface area (Å²) in [6.07, 6.45) is 1.08. The van der Waals surface area contributed by atoms with Gasteiger partial charge in [0.25, 0.3) is 0 Å². The van der Waals surface area contributed by atoms with Crippen molar-refractivity contribution in [2.45, 2.75) is 13.0 Å². The third-order valence-electron chi connectivity index (χ3n) is 4.08. The molecule has 0 spiro atoms. The lowest BCUT2D eigenvalue weighted by Crippen LogP contribution is -2.41. The highest BCUT2D eigenvalue weighted by Crippen LogP contribution is 2.29. The Balaban J connectivity index is 2.20. The molecule has 0 radical (unpaired) electrons. The van der Waals surface area contributed by atoms with Gasteiger partial charge in [-0.05, 0) is 72.0 Å². The Kier molecular flexibility index (Phi) is 7.53. The van der Waals surface area contributed by atoms with Crippen LogP contribution in [0.3, 0.4) is 0 Å². The number of amides is 1. The standard InChI is InChI=1S/C19H23IN2O5S/c1-13(17-11-16(26-2)9-10-18(17)27-3)21-19(23)12-22(28(4,24)25)15-7-5-14(20)6-8-15/h5-11,13H,12H2,1-4H3,(H,21,23)/t13-/m1/s1. The largest absolute Gasteiger partial charge is 0.497 e. The van der Waals surface area contributed by atoms with Crippen molar-refractivity contribution in [3.63, 3.8) is 0 Å². The first-order chi connectivity index (χ1) is 13.2. The molecule has 0 aliphatic carbocycles. The minimum atomic E-state index is -3.62. The van der Waals surface area contributed by atoms with E-state index in [2.05, 4.69) is 27.9 Å². The Hall–Kier alpha value is -2.01. The third kappa shape index (κ3) is 5.74. The molecule has 7 nitrogen and oxygen atoms in total. The summed E-state index contributed by atoms with van der Waals surface area (Å²) in [5.74, 6) is 0.807. The van der Waals surface area contributed by atoms with Gasteiger partial charge in [-0.2, -0.15) is 0 Å². The summed E-state index contributed by atoms with van der Waals surface area (Å²) >= 11 is 2.13. The van der Waals surface area contributed by atoms with Crippen LogP contribution in [0, 0.1) is 3.57 Å². The maximum atomic E-state index is 12.6. The average molecular weight is 518 g/mol. The number of hydrogen-bond acceptors (Lipinski definition) is 5. The molecule has 0 fully saturated rings. The molecule has 2 aromatic rings. The van der Waals surface area contributed by atoms with E-state index in [1.807, 2.05) is 0 Å². The molecule has 152 valence electrons. The van der Waals surface area contributed by atoms with Crippen molar-refractivity contribution in [2.24, 2.45) is 0 Å². The lowest BCUT2D eigenvalue weighted by atomic mass is 10.1. The predicted octanol–water partition coefficient (Wildman–Crippen LogP) is 2.95. The number of carbonyl (C=O) groups is 1. The summed E-state index contributed by atoms with van der Waals surface area (Å²) < 4.78 is 37.0. The first-order valence-electron chi connectivity index (χ1n) is 8.40. The van der Waals surface area contributed by atoms with Crippen LogP contribution >= 0.6 is 22.6 Å². The number of ether oxygens (including phenoxy) is 2. The first kappa shape index (κ1) is 22.3. The van der Waals surface area contributed by atoms with E-state index in [0.717, 1.165) is 19.7 Å². The number of sulfonamides is 1. The zero-order chi connectivity index (χ0) is 20.9. The number of nitrogens with one attached hydrogen (secondary N) is 1. The second kappa shape index (κ2) is 9.46. The Morgan fingerprint density at radius 3 is 2.32 bits per heavy atom. The van der Waals surface area contributed by atoms with Gasteiger partial charge >= 0.3 is 0 Å². The van der Waals surface area contributed by atoms with Gasteiger partial charge in [-0.3, -0.25) is 9.10 Å². The van der Waals surface area contributed by atoms with Crippen molar-refractivity contribution in [1.29, 1.82) is 0 Å². The van der Waals surface area contributed by atoms with Gasteiger partial charge in [0.1, 0.15) is 18.0 Å². The number of halogens is 1. The summed E-state index contributed by atoms with van der Waals surface area (Å²) in [7, 11) is -0.525. The molecule has 2 aromatic carbocycles. The molecule has 0 bridgehead atoms. The van der Waals surface area contributed by atoms with Gasteiger partial charge < -0.3 is 14.8 Å². The summed E-state index contributed by atoms with van der Waals surface area (Å²) in [6, 6.07) is 11.8. The van der Waals surface area contributed by atoms with Gasteiger partial charge in [-0.25, -0.2) is 8.42 Å². The Morgan fingerprint density at radius 2 is 1.79 bits per heavy atom. The second-order valence-electron chi connectivity index (χ2n) is 6.14. The van der Waals surface area contributed by atoms with Crippen molar-refractivity contribution < 1.29 is 22.7 Å². The zero-order valence-electron chi connectivity index (χ0n) is 16.1. The molecule has 0 saturated carbocycles. The average Bonchev–Trinajstić information content (AvgIpc) is 2.65. The van der Waals surface area contributed by atoms with E-state index in [1.54, 1.807) is 63.6 Å². The minimum absolute atomic E-state index is 0.323. The molecule has 0 heterocycles. The molecule has 0 saturated heterocycles. The molecule has 0 aliphatic rings. The van der Waals surface area contributed by atoms with Gasteiger partial charge in [0.2, 0.25) is 15.9 Å². The molecule has 0 unspecified atom stereocenters. The molecular formula is C19H23IN2O5S. The number of benzene rings is 2. The van der Waals surface area contributed by atoms with Gasteiger partial charge in [0.15, 0.2) is 0 Å². The lowest BCUT2D eigenvalue weighted by Gasteiger charge is -2.24. The third-order valence-corrected chi connectivity index (χ3v) is 5.94. The number of rotatable bonds is 8. The molecule has 9 heteroatoms. The molecular weight excluding hydrogens is 495 g/mol. The van der Waals surface area contributed by atoms with Crippen molar-refractivity contribution in [3.8, 4) is 11.5 Å². The van der Waals surface area contributed by atoms with E-state index in [9.17, 15) is 13.2 Å². The van der Waals surface area contributed by atoms with Crippen molar-refractivity contribution >= 4 is 44.2 Å². The maximum Gasteiger partial charge on any atom is 0.241 e. The SMILES string of the molecule is COc1ccc(OC)c([C@@H](C)NC(=O)CN(c2ccc(I)cc2)S(C)(=O)=O)c1. The minimum Gasteiger partial charge on any atom is -0.497 e. The number of nitrogens with zero attached hydrogens (tertiary/aromatic N) is 1. The monoisotopic (exact) mass is 518 g/mol. The van der Waals surface area contributed by atoms with Crippen molar-refractivity contribution in [1.82, 2.24) is 5.32 Å². The van der Waals surface area contributed by atoms with E-state index < -0.39 is 22.0 Å². The van der Waals surface area contributed by atoms with Crippen LogP contribution in [-0.2, 0) is 14.8 Å².